The molecule has 0 unspecified atom stereocenters. The number of hydrogen-bond acceptors (Lipinski definition) is 6. The molecule has 0 N–H and O–H groups in total. The van der Waals surface area contributed by atoms with E-state index >= 15 is 0 Å². The first-order valence-corrected chi connectivity index (χ1v) is 9.01. The van der Waals surface area contributed by atoms with Gasteiger partial charge < -0.3 is 9.15 Å². The van der Waals surface area contributed by atoms with Crippen LogP contribution in [0.2, 0.25) is 0 Å². The summed E-state index contributed by atoms with van der Waals surface area (Å²) in [4.78, 5) is 7.91. The highest BCUT2D eigenvalue weighted by Gasteiger charge is 2.17. The fourth-order valence-corrected chi connectivity index (χ4v) is 2.51. The molecule has 3 aromatic heterocycles. The van der Waals surface area contributed by atoms with E-state index in [1.807, 2.05) is 0 Å². The van der Waals surface area contributed by atoms with Crippen LogP contribution in [0.25, 0.3) is 11.5 Å². The molecule has 31 heavy (non-hydrogen) atoms. The molecular formula is C22H13F3N4O2. The third-order valence-electron chi connectivity index (χ3n) is 3.97. The molecule has 0 amide bonds. The van der Waals surface area contributed by atoms with Crippen LogP contribution in [-0.2, 0) is 6.61 Å². The normalized spacial score (nSPS) is 10.6. The van der Waals surface area contributed by atoms with Crippen molar-refractivity contribution in [1.29, 1.82) is 0 Å². The van der Waals surface area contributed by atoms with E-state index in [1.165, 1.54) is 12.3 Å². The zero-order valence-electron chi connectivity index (χ0n) is 15.8. The number of rotatable bonds is 5. The van der Waals surface area contributed by atoms with Gasteiger partial charge >= 0.3 is 6.43 Å². The minimum absolute atomic E-state index is 0.0330. The molecule has 4 rings (SSSR count). The zero-order valence-corrected chi connectivity index (χ0v) is 15.8. The topological polar surface area (TPSA) is 73.9 Å². The lowest BCUT2D eigenvalue weighted by Crippen LogP contribution is -1.98. The summed E-state index contributed by atoms with van der Waals surface area (Å²) in [6.07, 6.45) is -1.39. The number of pyridine rings is 2. The maximum absolute atomic E-state index is 13.1. The van der Waals surface area contributed by atoms with E-state index in [0.29, 0.717) is 28.3 Å². The quantitative estimate of drug-likeness (QED) is 0.346. The van der Waals surface area contributed by atoms with E-state index in [9.17, 15) is 13.2 Å². The number of hydrogen-bond donors (Lipinski definition) is 0. The van der Waals surface area contributed by atoms with Crippen molar-refractivity contribution in [2.75, 3.05) is 0 Å². The first-order valence-electron chi connectivity index (χ1n) is 9.01. The summed E-state index contributed by atoms with van der Waals surface area (Å²) in [7, 11) is 0. The third kappa shape index (κ3) is 5.25. The molecule has 154 valence electrons. The molecule has 0 fully saturated rings. The molecule has 4 aromatic rings. The Labute approximate surface area is 174 Å². The van der Waals surface area contributed by atoms with E-state index in [0.717, 1.165) is 0 Å². The van der Waals surface area contributed by atoms with Crippen LogP contribution in [-0.4, -0.2) is 20.2 Å². The lowest BCUT2D eigenvalue weighted by Gasteiger charge is -2.06. The molecule has 0 aliphatic rings. The molecule has 6 nitrogen and oxygen atoms in total. The van der Waals surface area contributed by atoms with E-state index < -0.39 is 18.3 Å². The Balaban J connectivity index is 1.40. The van der Waals surface area contributed by atoms with Gasteiger partial charge in [0, 0.05) is 11.8 Å². The maximum atomic E-state index is 13.1. The van der Waals surface area contributed by atoms with Crippen LogP contribution >= 0.6 is 0 Å². The van der Waals surface area contributed by atoms with Crippen molar-refractivity contribution in [1.82, 2.24) is 20.2 Å². The van der Waals surface area contributed by atoms with Gasteiger partial charge in [0.15, 0.2) is 0 Å². The monoisotopic (exact) mass is 422 g/mol. The molecule has 0 bridgehead atoms. The Hall–Kier alpha value is -4.19. The fraction of sp³-hybridized carbons (Fsp3) is 0.0909. The second-order valence-corrected chi connectivity index (χ2v) is 6.20. The highest BCUT2D eigenvalue weighted by atomic mass is 19.3. The van der Waals surface area contributed by atoms with Crippen molar-refractivity contribution >= 4 is 0 Å². The van der Waals surface area contributed by atoms with Gasteiger partial charge in [-0.3, -0.25) is 4.98 Å². The molecule has 3 heterocycles. The summed E-state index contributed by atoms with van der Waals surface area (Å²) in [5.41, 5.74) is 2.04. The average molecular weight is 422 g/mol. The molecule has 0 spiro atoms. The first kappa shape index (κ1) is 20.1. The minimum Gasteiger partial charge on any atom is -0.487 e. The number of aromatic nitrogens is 4. The zero-order chi connectivity index (χ0) is 21.6. The largest absolute Gasteiger partial charge is 0.487 e. The van der Waals surface area contributed by atoms with E-state index in [4.69, 9.17) is 9.15 Å². The van der Waals surface area contributed by atoms with Crippen LogP contribution in [0.5, 0.6) is 5.75 Å². The number of ether oxygens (including phenoxy) is 1. The average Bonchev–Trinajstić information content (AvgIpc) is 3.28. The summed E-state index contributed by atoms with van der Waals surface area (Å²) in [6.45, 7) is 0.175. The molecule has 1 aromatic carbocycles. The van der Waals surface area contributed by atoms with Gasteiger partial charge in [-0.15, -0.1) is 10.2 Å². The van der Waals surface area contributed by atoms with Gasteiger partial charge in [0.1, 0.15) is 18.1 Å². The number of benzene rings is 1. The van der Waals surface area contributed by atoms with E-state index in [-0.39, 0.29) is 12.5 Å². The molecule has 0 aliphatic carbocycles. The SMILES string of the molecule is Fc1cccc(C#Cc2cccc(OCc3ccc(-c4nnc(C(F)F)o4)cn3)c2)n1. The van der Waals surface area contributed by atoms with Crippen molar-refractivity contribution < 1.29 is 22.3 Å². The van der Waals surface area contributed by atoms with Crippen LogP contribution in [0.3, 0.4) is 0 Å². The van der Waals surface area contributed by atoms with Crippen LogP contribution in [0.15, 0.2) is 65.2 Å². The molecule has 9 heteroatoms. The molecule has 0 saturated heterocycles. The number of halogens is 3. The standard InChI is InChI=1S/C22H13F3N4O2/c23-19-6-2-4-16(27-19)9-7-14-3-1-5-18(11-14)30-13-17-10-8-15(12-26-17)21-28-29-22(31-21)20(24)25/h1-6,8,10-12,20H,13H2. The van der Waals surface area contributed by atoms with Crippen LogP contribution in [0.1, 0.15) is 29.3 Å². The van der Waals surface area contributed by atoms with Gasteiger partial charge in [0.2, 0.25) is 11.8 Å². The molecule has 0 saturated carbocycles. The lowest BCUT2D eigenvalue weighted by atomic mass is 10.2. The number of alkyl halides is 2. The summed E-state index contributed by atoms with van der Waals surface area (Å²) in [5.74, 6) is 4.92. The highest BCUT2D eigenvalue weighted by molar-refractivity contribution is 5.50. The maximum Gasteiger partial charge on any atom is 0.314 e. The molecular weight excluding hydrogens is 409 g/mol. The van der Waals surface area contributed by atoms with Gasteiger partial charge in [-0.2, -0.15) is 13.2 Å². The molecule has 0 aliphatic heterocycles. The second-order valence-electron chi connectivity index (χ2n) is 6.20. The predicted molar refractivity (Wildman–Crippen MR) is 103 cm³/mol. The van der Waals surface area contributed by atoms with Crippen LogP contribution in [0, 0.1) is 17.8 Å². The minimum atomic E-state index is -2.83. The Kier molecular flexibility index (Phi) is 5.89. The second kappa shape index (κ2) is 9.09. The summed E-state index contributed by atoms with van der Waals surface area (Å²) in [6, 6.07) is 14.8. The van der Waals surface area contributed by atoms with Gasteiger partial charge in [-0.1, -0.05) is 18.1 Å². The van der Waals surface area contributed by atoms with Crippen molar-refractivity contribution in [3.8, 4) is 29.0 Å². The summed E-state index contributed by atoms with van der Waals surface area (Å²) >= 11 is 0. The van der Waals surface area contributed by atoms with Crippen LogP contribution in [0.4, 0.5) is 13.2 Å². The van der Waals surface area contributed by atoms with Gasteiger partial charge in [0.25, 0.3) is 5.89 Å². The van der Waals surface area contributed by atoms with Gasteiger partial charge in [-0.05, 0) is 48.4 Å². The van der Waals surface area contributed by atoms with Crippen molar-refractivity contribution in [2.45, 2.75) is 13.0 Å². The Morgan fingerprint density at radius 1 is 1.00 bits per heavy atom. The first-order chi connectivity index (χ1) is 15.1. The van der Waals surface area contributed by atoms with Crippen molar-refractivity contribution in [3.63, 3.8) is 0 Å². The smallest absolute Gasteiger partial charge is 0.314 e. The van der Waals surface area contributed by atoms with Crippen LogP contribution < -0.4 is 4.74 Å². The third-order valence-corrected chi connectivity index (χ3v) is 3.97. The Morgan fingerprint density at radius 3 is 2.61 bits per heavy atom. The summed E-state index contributed by atoms with van der Waals surface area (Å²) < 4.78 is 48.8. The predicted octanol–water partition coefficient (Wildman–Crippen LogP) is 4.58. The lowest BCUT2D eigenvalue weighted by molar-refractivity contribution is 0.116. The molecule has 0 radical (unpaired) electrons. The van der Waals surface area contributed by atoms with Crippen molar-refractivity contribution in [3.05, 3.63) is 89.6 Å². The number of nitrogens with zero attached hydrogens (tertiary/aromatic N) is 4. The van der Waals surface area contributed by atoms with Gasteiger partial charge in [-0.25, -0.2) is 4.98 Å². The Morgan fingerprint density at radius 2 is 1.87 bits per heavy atom. The highest BCUT2D eigenvalue weighted by Crippen LogP contribution is 2.23. The molecule has 0 atom stereocenters. The Bertz CT molecular complexity index is 1250. The summed E-state index contributed by atoms with van der Waals surface area (Å²) in [5, 5.41) is 6.86. The van der Waals surface area contributed by atoms with Gasteiger partial charge in [0.05, 0.1) is 11.3 Å². The van der Waals surface area contributed by atoms with E-state index in [2.05, 4.69) is 32.0 Å². The fourth-order valence-electron chi connectivity index (χ4n) is 2.51. The van der Waals surface area contributed by atoms with Crippen molar-refractivity contribution in [2.24, 2.45) is 0 Å². The van der Waals surface area contributed by atoms with E-state index in [1.54, 1.807) is 48.5 Å².